The van der Waals surface area contributed by atoms with E-state index in [1.807, 2.05) is 30.3 Å². The van der Waals surface area contributed by atoms with Crippen molar-refractivity contribution >= 4 is 17.4 Å². The van der Waals surface area contributed by atoms with E-state index in [0.29, 0.717) is 28.9 Å². The summed E-state index contributed by atoms with van der Waals surface area (Å²) in [4.78, 5) is 15.6. The fourth-order valence-corrected chi connectivity index (χ4v) is 4.49. The number of methoxy groups -OCH3 is 2. The Hall–Kier alpha value is -2.12. The fraction of sp³-hybridized carbons (Fsp3) is 0.519. The third-order valence-corrected chi connectivity index (χ3v) is 7.15. The summed E-state index contributed by atoms with van der Waals surface area (Å²) in [6, 6.07) is 14.3. The van der Waals surface area contributed by atoms with Crippen molar-refractivity contribution in [2.24, 2.45) is 11.1 Å². The lowest BCUT2D eigenvalue weighted by Crippen LogP contribution is -2.50. The van der Waals surface area contributed by atoms with Gasteiger partial charge in [-0.05, 0) is 42.4 Å². The lowest BCUT2D eigenvalue weighted by atomic mass is 9.82. The zero-order valence-corrected chi connectivity index (χ0v) is 21.4. The fourth-order valence-electron chi connectivity index (χ4n) is 4.19. The second-order valence-electron chi connectivity index (χ2n) is 9.72. The molecule has 1 aliphatic rings. The number of nitrogens with zero attached hydrogens (tertiary/aromatic N) is 1. The normalized spacial score (nSPS) is 18.6. The molecule has 186 valence electrons. The van der Waals surface area contributed by atoms with Gasteiger partial charge in [-0.15, -0.1) is 11.6 Å². The molecule has 1 heterocycles. The van der Waals surface area contributed by atoms with Gasteiger partial charge in [0.25, 0.3) is 0 Å². The van der Waals surface area contributed by atoms with E-state index in [-0.39, 0.29) is 17.9 Å². The molecular weight excluding hydrogens is 452 g/mol. The molecule has 6 nitrogen and oxygen atoms in total. The Labute approximate surface area is 208 Å². The zero-order valence-electron chi connectivity index (χ0n) is 20.6. The van der Waals surface area contributed by atoms with E-state index in [1.165, 1.54) is 0 Å². The first-order chi connectivity index (χ1) is 16.2. The van der Waals surface area contributed by atoms with Crippen LogP contribution in [0.5, 0.6) is 11.5 Å². The average Bonchev–Trinajstić information content (AvgIpc) is 2.85. The molecule has 34 heavy (non-hydrogen) atoms. The summed E-state index contributed by atoms with van der Waals surface area (Å²) in [6.07, 6.45) is 1.74. The molecule has 1 saturated heterocycles. The number of hydrogen-bond donors (Lipinski definition) is 1. The van der Waals surface area contributed by atoms with Crippen LogP contribution in [0.4, 0.5) is 0 Å². The Bertz CT molecular complexity index is 905. The van der Waals surface area contributed by atoms with E-state index in [4.69, 9.17) is 31.5 Å². The summed E-state index contributed by atoms with van der Waals surface area (Å²) in [5, 5.41) is 0. The van der Waals surface area contributed by atoms with Gasteiger partial charge >= 0.3 is 0 Å². The molecule has 0 bridgehead atoms. The van der Waals surface area contributed by atoms with Crippen LogP contribution in [0, 0.1) is 5.41 Å². The number of ketones is 1. The van der Waals surface area contributed by atoms with Crippen LogP contribution >= 0.6 is 11.6 Å². The molecule has 7 heteroatoms. The number of benzene rings is 2. The van der Waals surface area contributed by atoms with E-state index >= 15 is 0 Å². The molecule has 2 aromatic rings. The number of halogens is 1. The lowest BCUT2D eigenvalue weighted by Gasteiger charge is -2.40. The average molecular weight is 489 g/mol. The van der Waals surface area contributed by atoms with Crippen molar-refractivity contribution in [2.75, 3.05) is 27.3 Å². The van der Waals surface area contributed by atoms with Gasteiger partial charge in [0.2, 0.25) is 0 Å². The molecule has 1 aliphatic heterocycles. The molecule has 2 aromatic carbocycles. The maximum atomic E-state index is 13.3. The highest BCUT2D eigenvalue weighted by atomic mass is 35.5. The Morgan fingerprint density at radius 2 is 1.65 bits per heavy atom. The molecule has 0 radical (unpaired) electrons. The van der Waals surface area contributed by atoms with Crippen LogP contribution in [0.3, 0.4) is 0 Å². The summed E-state index contributed by atoms with van der Waals surface area (Å²) < 4.78 is 16.9. The van der Waals surface area contributed by atoms with Gasteiger partial charge in [0.05, 0.1) is 20.8 Å². The van der Waals surface area contributed by atoms with Crippen LogP contribution in [0.15, 0.2) is 48.5 Å². The topological polar surface area (TPSA) is 74.0 Å². The first-order valence-corrected chi connectivity index (χ1v) is 12.2. The Morgan fingerprint density at radius 1 is 1.06 bits per heavy atom. The van der Waals surface area contributed by atoms with Crippen molar-refractivity contribution in [1.29, 1.82) is 0 Å². The standard InChI is InChI=1S/C27H37ClN2O4/c1-27(2)10-12-30(13-11-27)26(28)23(29)17-24(25(31)20-8-6-5-7-9-20)34-18-19-14-21(32-3)16-22(15-19)33-4/h5-9,14-16,23-24,26H,10-13,17-18,29H2,1-4H3. The van der Waals surface area contributed by atoms with Gasteiger partial charge in [0, 0.05) is 30.8 Å². The number of alkyl halides is 1. The molecule has 3 rings (SSSR count). The Morgan fingerprint density at radius 3 is 2.21 bits per heavy atom. The highest BCUT2D eigenvalue weighted by Crippen LogP contribution is 2.32. The number of likely N-dealkylation sites (tertiary alicyclic amines) is 1. The highest BCUT2D eigenvalue weighted by Gasteiger charge is 2.33. The molecule has 3 atom stereocenters. The second-order valence-corrected chi connectivity index (χ2v) is 10.2. The summed E-state index contributed by atoms with van der Waals surface area (Å²) in [7, 11) is 3.20. The molecule has 0 spiro atoms. The molecule has 2 N–H and O–H groups in total. The van der Waals surface area contributed by atoms with Gasteiger partial charge in [0.15, 0.2) is 5.78 Å². The zero-order chi connectivity index (χ0) is 24.7. The van der Waals surface area contributed by atoms with Gasteiger partial charge < -0.3 is 19.9 Å². The van der Waals surface area contributed by atoms with Gasteiger partial charge in [-0.25, -0.2) is 0 Å². The van der Waals surface area contributed by atoms with Crippen molar-refractivity contribution < 1.29 is 19.0 Å². The first-order valence-electron chi connectivity index (χ1n) is 11.8. The number of nitrogens with two attached hydrogens (primary N) is 1. The summed E-state index contributed by atoms with van der Waals surface area (Å²) in [5.74, 6) is 1.22. The number of carbonyl (C=O) groups excluding carboxylic acids is 1. The number of hydrogen-bond acceptors (Lipinski definition) is 6. The van der Waals surface area contributed by atoms with E-state index in [0.717, 1.165) is 31.5 Å². The molecule has 3 unspecified atom stereocenters. The maximum Gasteiger partial charge on any atom is 0.191 e. The van der Waals surface area contributed by atoms with E-state index in [1.54, 1.807) is 32.4 Å². The number of Topliss-reactive ketones (excluding diaryl/α,β-unsaturated/α-hetero) is 1. The van der Waals surface area contributed by atoms with Gasteiger partial charge in [-0.1, -0.05) is 44.2 Å². The summed E-state index contributed by atoms with van der Waals surface area (Å²) >= 11 is 6.80. The minimum absolute atomic E-state index is 0.102. The van der Waals surface area contributed by atoms with E-state index < -0.39 is 12.1 Å². The minimum Gasteiger partial charge on any atom is -0.497 e. The summed E-state index contributed by atoms with van der Waals surface area (Å²) in [6.45, 7) is 6.58. The third-order valence-electron chi connectivity index (χ3n) is 6.55. The van der Waals surface area contributed by atoms with Crippen molar-refractivity contribution in [3.8, 4) is 11.5 Å². The number of rotatable bonds is 11. The SMILES string of the molecule is COc1cc(COC(CC(N)C(Cl)N2CCC(C)(C)CC2)C(=O)c2ccccc2)cc(OC)c1. The lowest BCUT2D eigenvalue weighted by molar-refractivity contribution is 0.0234. The first kappa shape index (κ1) is 26.5. The molecule has 0 saturated carbocycles. The predicted molar refractivity (Wildman–Crippen MR) is 136 cm³/mol. The largest absolute Gasteiger partial charge is 0.497 e. The van der Waals surface area contributed by atoms with E-state index in [2.05, 4.69) is 18.7 Å². The van der Waals surface area contributed by atoms with Gasteiger partial charge in [0.1, 0.15) is 23.1 Å². The molecule has 1 fully saturated rings. The Kier molecular flexibility index (Phi) is 9.37. The molecule has 0 aliphatic carbocycles. The van der Waals surface area contributed by atoms with Crippen LogP contribution < -0.4 is 15.2 Å². The molecule has 0 amide bonds. The van der Waals surface area contributed by atoms with Crippen LogP contribution in [0.25, 0.3) is 0 Å². The van der Waals surface area contributed by atoms with Crippen molar-refractivity contribution in [2.45, 2.75) is 57.4 Å². The van der Waals surface area contributed by atoms with Crippen LogP contribution in [0.2, 0.25) is 0 Å². The highest BCUT2D eigenvalue weighted by molar-refractivity contribution is 6.20. The van der Waals surface area contributed by atoms with Crippen molar-refractivity contribution in [1.82, 2.24) is 4.90 Å². The minimum atomic E-state index is -0.725. The maximum absolute atomic E-state index is 13.3. The predicted octanol–water partition coefficient (Wildman–Crippen LogP) is 4.88. The second kappa shape index (κ2) is 12.0. The molecular formula is C27H37ClN2O4. The van der Waals surface area contributed by atoms with Gasteiger partial charge in [-0.3, -0.25) is 9.69 Å². The smallest absolute Gasteiger partial charge is 0.191 e. The van der Waals surface area contributed by atoms with Crippen LogP contribution in [-0.2, 0) is 11.3 Å². The van der Waals surface area contributed by atoms with Crippen molar-refractivity contribution in [3.63, 3.8) is 0 Å². The van der Waals surface area contributed by atoms with Crippen molar-refractivity contribution in [3.05, 3.63) is 59.7 Å². The number of piperidine rings is 1. The third kappa shape index (κ3) is 7.19. The Balaban J connectivity index is 1.73. The van der Waals surface area contributed by atoms with Gasteiger partial charge in [-0.2, -0.15) is 0 Å². The monoisotopic (exact) mass is 488 g/mol. The quantitative estimate of drug-likeness (QED) is 0.276. The van der Waals surface area contributed by atoms with Crippen LogP contribution in [0.1, 0.15) is 49.0 Å². The van der Waals surface area contributed by atoms with Crippen LogP contribution in [-0.4, -0.2) is 55.6 Å². The number of carbonyl (C=O) groups is 1. The number of ether oxygens (including phenoxy) is 3. The molecule has 0 aromatic heterocycles. The summed E-state index contributed by atoms with van der Waals surface area (Å²) in [5.41, 5.74) is 7.95. The van der Waals surface area contributed by atoms with E-state index in [9.17, 15) is 4.79 Å².